The summed E-state index contributed by atoms with van der Waals surface area (Å²) in [4.78, 5) is 16.9. The molecular formula is C25H23F2N3O4S. The molecule has 3 aromatic carbocycles. The summed E-state index contributed by atoms with van der Waals surface area (Å²) >= 11 is 0. The molecule has 0 saturated carbocycles. The van der Waals surface area contributed by atoms with E-state index in [0.29, 0.717) is 21.3 Å². The summed E-state index contributed by atoms with van der Waals surface area (Å²) in [6.07, 6.45) is 0. The highest BCUT2D eigenvalue weighted by atomic mass is 32.2. The lowest BCUT2D eigenvalue weighted by Gasteiger charge is -2.24. The van der Waals surface area contributed by atoms with Crippen LogP contribution in [-0.4, -0.2) is 30.5 Å². The van der Waals surface area contributed by atoms with Gasteiger partial charge >= 0.3 is 12.5 Å². The third kappa shape index (κ3) is 4.74. The summed E-state index contributed by atoms with van der Waals surface area (Å²) < 4.78 is 61.3. The first kappa shape index (κ1) is 24.3. The summed E-state index contributed by atoms with van der Waals surface area (Å²) in [7, 11) is -3.98. The molecule has 1 heterocycles. The van der Waals surface area contributed by atoms with Crippen molar-refractivity contribution in [3.63, 3.8) is 0 Å². The lowest BCUT2D eigenvalue weighted by atomic mass is 10.1. The number of anilines is 1. The number of aromatic nitrogens is 2. The zero-order valence-corrected chi connectivity index (χ0v) is 19.9. The lowest BCUT2D eigenvalue weighted by Crippen LogP contribution is -2.31. The standard InChI is InChI=1S/C25H23F2N3O4S/c1-3-29(19-9-5-4-6-10-19)35(32,33)22-15-18(14-13-17(22)2)24(31)34-16-23-28-20-11-7-8-12-21(20)30(23)25(26)27/h4-15,25H,3,16H2,1-2H3. The van der Waals surface area contributed by atoms with Gasteiger partial charge in [0.2, 0.25) is 0 Å². The van der Waals surface area contributed by atoms with Crippen molar-refractivity contribution < 1.29 is 26.7 Å². The highest BCUT2D eigenvalue weighted by Crippen LogP contribution is 2.27. The number of hydrogen-bond acceptors (Lipinski definition) is 5. The molecule has 0 saturated heterocycles. The predicted molar refractivity (Wildman–Crippen MR) is 128 cm³/mol. The van der Waals surface area contributed by atoms with Gasteiger partial charge in [-0.3, -0.25) is 8.87 Å². The second kappa shape index (κ2) is 9.83. The number of rotatable bonds is 8. The van der Waals surface area contributed by atoms with Gasteiger partial charge in [-0.25, -0.2) is 18.2 Å². The number of alkyl halides is 2. The van der Waals surface area contributed by atoms with Crippen LogP contribution in [0.2, 0.25) is 0 Å². The topological polar surface area (TPSA) is 81.5 Å². The maximum absolute atomic E-state index is 13.6. The molecular weight excluding hydrogens is 476 g/mol. The maximum Gasteiger partial charge on any atom is 0.338 e. The van der Waals surface area contributed by atoms with Gasteiger partial charge in [-0.1, -0.05) is 36.4 Å². The Morgan fingerprint density at radius 3 is 2.43 bits per heavy atom. The first-order valence-electron chi connectivity index (χ1n) is 10.8. The van der Waals surface area contributed by atoms with Gasteiger partial charge in [-0.2, -0.15) is 8.78 Å². The van der Waals surface area contributed by atoms with Crippen LogP contribution in [-0.2, 0) is 21.4 Å². The summed E-state index contributed by atoms with van der Waals surface area (Å²) in [5.74, 6) is -0.965. The molecule has 0 aliphatic heterocycles. The molecule has 35 heavy (non-hydrogen) atoms. The van der Waals surface area contributed by atoms with Gasteiger partial charge in [0.15, 0.2) is 5.82 Å². The summed E-state index contributed by atoms with van der Waals surface area (Å²) in [5.41, 5.74) is 1.50. The number of sulfonamides is 1. The fourth-order valence-electron chi connectivity index (χ4n) is 3.84. The van der Waals surface area contributed by atoms with Gasteiger partial charge in [-0.15, -0.1) is 0 Å². The van der Waals surface area contributed by atoms with Crippen LogP contribution in [0.5, 0.6) is 0 Å². The Labute approximate surface area is 201 Å². The molecule has 0 unspecified atom stereocenters. The van der Waals surface area contributed by atoms with E-state index in [1.54, 1.807) is 62.4 Å². The normalized spacial score (nSPS) is 11.7. The second-order valence-electron chi connectivity index (χ2n) is 7.73. The molecule has 0 amide bonds. The van der Waals surface area contributed by atoms with Crippen molar-refractivity contribution in [3.8, 4) is 0 Å². The zero-order chi connectivity index (χ0) is 25.2. The number of benzene rings is 3. The number of carbonyl (C=O) groups excluding carboxylic acids is 1. The Morgan fingerprint density at radius 1 is 1.06 bits per heavy atom. The molecule has 0 spiro atoms. The van der Waals surface area contributed by atoms with E-state index in [4.69, 9.17) is 4.74 Å². The second-order valence-corrected chi connectivity index (χ2v) is 9.56. The van der Waals surface area contributed by atoms with Crippen molar-refractivity contribution in [2.24, 2.45) is 0 Å². The van der Waals surface area contributed by atoms with Crippen LogP contribution < -0.4 is 4.31 Å². The van der Waals surface area contributed by atoms with Crippen LogP contribution in [0.1, 0.15) is 35.2 Å². The number of halogens is 2. The lowest BCUT2D eigenvalue weighted by molar-refractivity contribution is 0.0387. The number of para-hydroxylation sites is 3. The number of hydrogen-bond donors (Lipinski definition) is 0. The van der Waals surface area contributed by atoms with E-state index < -0.39 is 29.1 Å². The van der Waals surface area contributed by atoms with E-state index in [1.165, 1.54) is 28.6 Å². The maximum atomic E-state index is 13.6. The molecule has 0 radical (unpaired) electrons. The van der Waals surface area contributed by atoms with E-state index in [0.717, 1.165) is 0 Å². The summed E-state index contributed by atoms with van der Waals surface area (Å²) in [6, 6.07) is 19.2. The number of carbonyl (C=O) groups is 1. The number of imidazole rings is 1. The third-order valence-electron chi connectivity index (χ3n) is 5.52. The van der Waals surface area contributed by atoms with Gasteiger partial charge in [0, 0.05) is 6.54 Å². The molecule has 0 aliphatic rings. The Bertz CT molecular complexity index is 1470. The Kier molecular flexibility index (Phi) is 6.83. The van der Waals surface area contributed by atoms with E-state index in [2.05, 4.69) is 4.98 Å². The molecule has 0 N–H and O–H groups in total. The molecule has 7 nitrogen and oxygen atoms in total. The summed E-state index contributed by atoms with van der Waals surface area (Å²) in [5, 5.41) is 0. The molecule has 4 rings (SSSR count). The molecule has 10 heteroatoms. The minimum atomic E-state index is -3.98. The van der Waals surface area contributed by atoms with Gasteiger partial charge in [0.05, 0.1) is 27.2 Å². The minimum Gasteiger partial charge on any atom is -0.454 e. The smallest absolute Gasteiger partial charge is 0.338 e. The van der Waals surface area contributed by atoms with E-state index in [-0.39, 0.29) is 28.3 Å². The van der Waals surface area contributed by atoms with Crippen LogP contribution in [0.4, 0.5) is 14.5 Å². The quantitative estimate of drug-likeness (QED) is 0.307. The minimum absolute atomic E-state index is 0.0157. The Morgan fingerprint density at radius 2 is 1.74 bits per heavy atom. The van der Waals surface area contributed by atoms with E-state index in [9.17, 15) is 22.0 Å². The molecule has 0 aliphatic carbocycles. The summed E-state index contributed by atoms with van der Waals surface area (Å²) in [6.45, 7) is 0.160. The number of fused-ring (bicyclic) bond motifs is 1. The Balaban J connectivity index is 1.61. The van der Waals surface area contributed by atoms with Crippen LogP contribution >= 0.6 is 0 Å². The van der Waals surface area contributed by atoms with Crippen molar-refractivity contribution in [1.82, 2.24) is 9.55 Å². The average Bonchev–Trinajstić information content (AvgIpc) is 3.22. The van der Waals surface area contributed by atoms with Crippen LogP contribution in [0, 0.1) is 6.92 Å². The molecule has 182 valence electrons. The first-order chi connectivity index (χ1) is 16.7. The van der Waals surface area contributed by atoms with Crippen LogP contribution in [0.25, 0.3) is 11.0 Å². The number of aryl methyl sites for hydroxylation is 1. The number of ether oxygens (including phenoxy) is 1. The van der Waals surface area contributed by atoms with Crippen molar-refractivity contribution >= 4 is 32.7 Å². The van der Waals surface area contributed by atoms with Gasteiger partial charge in [-0.05, 0) is 55.8 Å². The highest BCUT2D eigenvalue weighted by Gasteiger charge is 2.27. The fraction of sp³-hybridized carbons (Fsp3) is 0.200. The van der Waals surface area contributed by atoms with Gasteiger partial charge < -0.3 is 4.74 Å². The van der Waals surface area contributed by atoms with E-state index in [1.807, 2.05) is 0 Å². The van der Waals surface area contributed by atoms with Gasteiger partial charge in [0.1, 0.15) is 6.61 Å². The number of esters is 1. The SMILES string of the molecule is CCN(c1ccccc1)S(=O)(=O)c1cc(C(=O)OCc2nc3ccccc3n2C(F)F)ccc1C. The highest BCUT2D eigenvalue weighted by molar-refractivity contribution is 7.92. The van der Waals surface area contributed by atoms with Crippen LogP contribution in [0.15, 0.2) is 77.7 Å². The molecule has 0 atom stereocenters. The van der Waals surface area contributed by atoms with Gasteiger partial charge in [0.25, 0.3) is 10.0 Å². The van der Waals surface area contributed by atoms with Crippen molar-refractivity contribution in [3.05, 3.63) is 89.7 Å². The molecule has 1 aromatic heterocycles. The monoisotopic (exact) mass is 499 g/mol. The van der Waals surface area contributed by atoms with Crippen molar-refractivity contribution in [2.75, 3.05) is 10.8 Å². The predicted octanol–water partition coefficient (Wildman–Crippen LogP) is 5.31. The largest absolute Gasteiger partial charge is 0.454 e. The van der Waals surface area contributed by atoms with E-state index >= 15 is 0 Å². The number of nitrogens with zero attached hydrogens (tertiary/aromatic N) is 3. The first-order valence-corrected chi connectivity index (χ1v) is 12.3. The van der Waals surface area contributed by atoms with Crippen molar-refractivity contribution in [1.29, 1.82) is 0 Å². The average molecular weight is 500 g/mol. The zero-order valence-electron chi connectivity index (χ0n) is 19.1. The Hall–Kier alpha value is -3.79. The van der Waals surface area contributed by atoms with Crippen molar-refractivity contribution in [2.45, 2.75) is 31.9 Å². The molecule has 4 aromatic rings. The molecule has 0 fully saturated rings. The van der Waals surface area contributed by atoms with Crippen LogP contribution in [0.3, 0.4) is 0 Å². The third-order valence-corrected chi connectivity index (χ3v) is 7.56. The fourth-order valence-corrected chi connectivity index (χ4v) is 5.56. The molecule has 0 bridgehead atoms.